The van der Waals surface area contributed by atoms with E-state index < -0.39 is 0 Å². The van der Waals surface area contributed by atoms with E-state index in [2.05, 4.69) is 15.4 Å². The van der Waals surface area contributed by atoms with Gasteiger partial charge in [0, 0.05) is 27.3 Å². The molecule has 0 fully saturated rings. The first kappa shape index (κ1) is 19.8. The van der Waals surface area contributed by atoms with Crippen molar-refractivity contribution in [3.8, 4) is 22.7 Å². The van der Waals surface area contributed by atoms with E-state index >= 15 is 0 Å². The molecular formula is C23H17ClN4O2S. The van der Waals surface area contributed by atoms with Gasteiger partial charge in [0.05, 0.1) is 22.5 Å². The summed E-state index contributed by atoms with van der Waals surface area (Å²) in [5.41, 5.74) is 5.39. The Hall–Kier alpha value is -3.16. The summed E-state index contributed by atoms with van der Waals surface area (Å²) < 4.78 is 11.2. The summed E-state index contributed by atoms with van der Waals surface area (Å²) in [7, 11) is 0. The molecule has 0 unspecified atom stereocenters. The molecule has 0 atom stereocenters. The molecule has 0 bridgehead atoms. The van der Waals surface area contributed by atoms with Gasteiger partial charge in [-0.25, -0.2) is 4.98 Å². The first-order valence-electron chi connectivity index (χ1n) is 9.62. The second-order valence-corrected chi connectivity index (χ2v) is 8.41. The summed E-state index contributed by atoms with van der Waals surface area (Å²) in [6.07, 6.45) is 0. The summed E-state index contributed by atoms with van der Waals surface area (Å²) >= 11 is 7.50. The molecule has 8 heteroatoms. The number of para-hydroxylation sites is 1. The fourth-order valence-corrected chi connectivity index (χ4v) is 4.38. The minimum Gasteiger partial charge on any atom is -0.411 e. The molecule has 0 saturated heterocycles. The molecule has 0 spiro atoms. The molecule has 3 aromatic heterocycles. The Morgan fingerprint density at radius 2 is 1.81 bits per heavy atom. The summed E-state index contributed by atoms with van der Waals surface area (Å²) in [6, 6.07) is 17.5. The average molecular weight is 449 g/mol. The van der Waals surface area contributed by atoms with E-state index in [1.54, 1.807) is 0 Å². The minimum atomic E-state index is 0.454. The van der Waals surface area contributed by atoms with E-state index in [0.29, 0.717) is 21.9 Å². The molecule has 3 heterocycles. The van der Waals surface area contributed by atoms with Crippen LogP contribution in [0, 0.1) is 13.8 Å². The minimum absolute atomic E-state index is 0.454. The SMILES string of the molecule is Cc1noc(C)c1CSc1nnc(-c2cc(-c3ccc(Cl)cc3)nc3ccccc23)o1. The van der Waals surface area contributed by atoms with Gasteiger partial charge in [-0.1, -0.05) is 58.9 Å². The maximum atomic E-state index is 6.04. The van der Waals surface area contributed by atoms with E-state index in [9.17, 15) is 0 Å². The molecule has 0 aliphatic heterocycles. The Morgan fingerprint density at radius 3 is 2.58 bits per heavy atom. The van der Waals surface area contributed by atoms with Crippen molar-refractivity contribution in [3.63, 3.8) is 0 Å². The van der Waals surface area contributed by atoms with Crippen LogP contribution in [0.3, 0.4) is 0 Å². The summed E-state index contributed by atoms with van der Waals surface area (Å²) in [4.78, 5) is 4.80. The summed E-state index contributed by atoms with van der Waals surface area (Å²) in [5.74, 6) is 1.91. The number of fused-ring (bicyclic) bond motifs is 1. The standard InChI is InChI=1S/C23H17ClN4O2S/c1-13-19(14(2)30-28-13)12-31-23-27-26-22(29-23)18-11-21(15-7-9-16(24)10-8-15)25-20-6-4-3-5-17(18)20/h3-11H,12H2,1-2H3. The van der Waals surface area contributed by atoms with E-state index in [4.69, 9.17) is 25.5 Å². The number of aromatic nitrogens is 4. The Bertz CT molecular complexity index is 1360. The molecule has 5 rings (SSSR count). The summed E-state index contributed by atoms with van der Waals surface area (Å²) in [6.45, 7) is 3.82. The van der Waals surface area contributed by atoms with Gasteiger partial charge in [0.25, 0.3) is 5.22 Å². The fraction of sp³-hybridized carbons (Fsp3) is 0.130. The monoisotopic (exact) mass is 448 g/mol. The van der Waals surface area contributed by atoms with Crippen molar-refractivity contribution in [3.05, 3.63) is 76.6 Å². The van der Waals surface area contributed by atoms with E-state index in [1.165, 1.54) is 11.8 Å². The predicted molar refractivity (Wildman–Crippen MR) is 121 cm³/mol. The van der Waals surface area contributed by atoms with Gasteiger partial charge < -0.3 is 8.94 Å². The third-order valence-electron chi connectivity index (χ3n) is 5.01. The van der Waals surface area contributed by atoms with Crippen LogP contribution in [0.1, 0.15) is 17.0 Å². The number of thioether (sulfide) groups is 1. The van der Waals surface area contributed by atoms with Crippen molar-refractivity contribution in [2.45, 2.75) is 24.8 Å². The highest BCUT2D eigenvalue weighted by molar-refractivity contribution is 7.98. The van der Waals surface area contributed by atoms with Crippen LogP contribution in [-0.2, 0) is 5.75 Å². The Balaban J connectivity index is 1.51. The third kappa shape index (κ3) is 3.94. The van der Waals surface area contributed by atoms with Gasteiger partial charge in [-0.3, -0.25) is 0 Å². The van der Waals surface area contributed by atoms with Gasteiger partial charge in [0.15, 0.2) is 0 Å². The average Bonchev–Trinajstić information content (AvgIpc) is 3.38. The molecule has 154 valence electrons. The number of rotatable bonds is 5. The molecule has 31 heavy (non-hydrogen) atoms. The second-order valence-electron chi connectivity index (χ2n) is 7.04. The highest BCUT2D eigenvalue weighted by Crippen LogP contribution is 2.34. The highest BCUT2D eigenvalue weighted by Gasteiger charge is 2.17. The lowest BCUT2D eigenvalue weighted by Crippen LogP contribution is -1.90. The zero-order valence-electron chi connectivity index (χ0n) is 16.8. The summed E-state index contributed by atoms with van der Waals surface area (Å²) in [5, 5.41) is 14.6. The van der Waals surface area contributed by atoms with Gasteiger partial charge in [-0.05, 0) is 38.1 Å². The number of nitrogens with zero attached hydrogens (tertiary/aromatic N) is 4. The number of pyridine rings is 1. The topological polar surface area (TPSA) is 77.8 Å². The normalized spacial score (nSPS) is 11.3. The lowest BCUT2D eigenvalue weighted by atomic mass is 10.0. The van der Waals surface area contributed by atoms with Crippen LogP contribution in [0.25, 0.3) is 33.6 Å². The predicted octanol–water partition coefficient (Wildman–Crippen LogP) is 6.50. The Kier molecular flexibility index (Phi) is 5.21. The van der Waals surface area contributed by atoms with Gasteiger partial charge in [0.1, 0.15) is 5.76 Å². The zero-order chi connectivity index (χ0) is 21.4. The van der Waals surface area contributed by atoms with Crippen LogP contribution in [0.4, 0.5) is 0 Å². The molecular weight excluding hydrogens is 432 g/mol. The Morgan fingerprint density at radius 1 is 1.00 bits per heavy atom. The van der Waals surface area contributed by atoms with Crippen molar-refractivity contribution in [1.29, 1.82) is 0 Å². The number of aryl methyl sites for hydroxylation is 2. The van der Waals surface area contributed by atoms with Crippen LogP contribution < -0.4 is 0 Å². The van der Waals surface area contributed by atoms with Crippen molar-refractivity contribution >= 4 is 34.3 Å². The van der Waals surface area contributed by atoms with E-state index in [0.717, 1.165) is 44.7 Å². The number of benzene rings is 2. The number of hydrogen-bond acceptors (Lipinski definition) is 7. The van der Waals surface area contributed by atoms with Crippen molar-refractivity contribution in [2.24, 2.45) is 0 Å². The molecule has 0 saturated carbocycles. The quantitative estimate of drug-likeness (QED) is 0.284. The van der Waals surface area contributed by atoms with Crippen molar-refractivity contribution < 1.29 is 8.94 Å². The first-order valence-corrected chi connectivity index (χ1v) is 11.0. The molecule has 6 nitrogen and oxygen atoms in total. The van der Waals surface area contributed by atoms with Crippen molar-refractivity contribution in [1.82, 2.24) is 20.3 Å². The van der Waals surface area contributed by atoms with Gasteiger partial charge in [-0.15, -0.1) is 10.2 Å². The third-order valence-corrected chi connectivity index (χ3v) is 6.11. The van der Waals surface area contributed by atoms with Crippen LogP contribution >= 0.6 is 23.4 Å². The van der Waals surface area contributed by atoms with Crippen LogP contribution in [0.5, 0.6) is 0 Å². The largest absolute Gasteiger partial charge is 0.411 e. The molecule has 5 aromatic rings. The highest BCUT2D eigenvalue weighted by atomic mass is 35.5. The fourth-order valence-electron chi connectivity index (χ4n) is 3.34. The van der Waals surface area contributed by atoms with Gasteiger partial charge in [0.2, 0.25) is 5.89 Å². The smallest absolute Gasteiger partial charge is 0.277 e. The Labute approximate surface area is 187 Å². The molecule has 0 aliphatic rings. The first-order chi connectivity index (χ1) is 15.1. The molecule has 0 amide bonds. The molecule has 2 aromatic carbocycles. The maximum Gasteiger partial charge on any atom is 0.277 e. The van der Waals surface area contributed by atoms with Crippen LogP contribution in [0.15, 0.2) is 68.8 Å². The van der Waals surface area contributed by atoms with E-state index in [-0.39, 0.29) is 0 Å². The van der Waals surface area contributed by atoms with Gasteiger partial charge in [-0.2, -0.15) is 0 Å². The molecule has 0 radical (unpaired) electrons. The second kappa shape index (κ2) is 8.17. The van der Waals surface area contributed by atoms with E-state index in [1.807, 2.05) is 68.4 Å². The van der Waals surface area contributed by atoms with Crippen LogP contribution in [0.2, 0.25) is 5.02 Å². The lowest BCUT2D eigenvalue weighted by Gasteiger charge is -2.07. The molecule has 0 N–H and O–H groups in total. The zero-order valence-corrected chi connectivity index (χ0v) is 18.4. The maximum absolute atomic E-state index is 6.04. The number of halogens is 1. The molecule has 0 aliphatic carbocycles. The van der Waals surface area contributed by atoms with Crippen molar-refractivity contribution in [2.75, 3.05) is 0 Å². The van der Waals surface area contributed by atoms with Crippen LogP contribution in [-0.4, -0.2) is 20.3 Å². The lowest BCUT2D eigenvalue weighted by molar-refractivity contribution is 0.392. The number of hydrogen-bond donors (Lipinski definition) is 0. The van der Waals surface area contributed by atoms with Gasteiger partial charge >= 0.3 is 0 Å².